The van der Waals surface area contributed by atoms with Crippen molar-refractivity contribution >= 4 is 0 Å². The molecular formula is C11H22O3. The first-order valence-electron chi connectivity index (χ1n) is 5.47. The van der Waals surface area contributed by atoms with E-state index in [0.29, 0.717) is 12.7 Å². The smallest absolute Gasteiger partial charge is 0.121 e. The Hall–Kier alpha value is -0.120. The van der Waals surface area contributed by atoms with Gasteiger partial charge in [0, 0.05) is 7.11 Å². The molecule has 0 spiro atoms. The number of rotatable bonds is 5. The molecule has 0 unspecified atom stereocenters. The molecule has 0 bridgehead atoms. The minimum atomic E-state index is -0.341. The Morgan fingerprint density at radius 1 is 1.14 bits per heavy atom. The molecule has 1 aliphatic carbocycles. The van der Waals surface area contributed by atoms with Crippen LogP contribution < -0.4 is 0 Å². The van der Waals surface area contributed by atoms with E-state index in [1.807, 2.05) is 13.8 Å². The maximum atomic E-state index is 5.42. The van der Waals surface area contributed by atoms with Crippen LogP contribution in [0.1, 0.15) is 46.0 Å². The van der Waals surface area contributed by atoms with Crippen LogP contribution in [0.2, 0.25) is 0 Å². The van der Waals surface area contributed by atoms with E-state index in [0.717, 1.165) is 12.8 Å². The molecule has 0 aromatic heterocycles. The van der Waals surface area contributed by atoms with Crippen molar-refractivity contribution in [3.8, 4) is 0 Å². The first-order valence-corrected chi connectivity index (χ1v) is 5.47. The van der Waals surface area contributed by atoms with Crippen LogP contribution >= 0.6 is 0 Å². The molecule has 14 heavy (non-hydrogen) atoms. The molecule has 1 saturated carbocycles. The van der Waals surface area contributed by atoms with E-state index in [2.05, 4.69) is 0 Å². The van der Waals surface area contributed by atoms with Crippen molar-refractivity contribution in [3.05, 3.63) is 0 Å². The maximum Gasteiger partial charge on any atom is 0.121 e. The van der Waals surface area contributed by atoms with Crippen molar-refractivity contribution in [2.75, 3.05) is 13.7 Å². The number of hydrogen-bond acceptors (Lipinski definition) is 3. The van der Waals surface area contributed by atoms with E-state index >= 15 is 0 Å². The highest BCUT2D eigenvalue weighted by Crippen LogP contribution is 2.22. The summed E-state index contributed by atoms with van der Waals surface area (Å²) in [5.74, 6) is 0. The maximum absolute atomic E-state index is 5.42. The topological polar surface area (TPSA) is 27.7 Å². The quantitative estimate of drug-likeness (QED) is 0.507. The second-order valence-electron chi connectivity index (χ2n) is 4.63. The molecule has 0 heterocycles. The number of ether oxygens (including phenoxy) is 1. The molecule has 0 aliphatic heterocycles. The average molecular weight is 202 g/mol. The molecule has 3 nitrogen and oxygen atoms in total. The highest BCUT2D eigenvalue weighted by molar-refractivity contribution is 4.66. The fourth-order valence-electron chi connectivity index (χ4n) is 1.73. The van der Waals surface area contributed by atoms with Gasteiger partial charge in [-0.2, -0.15) is 0 Å². The van der Waals surface area contributed by atoms with Crippen LogP contribution in [-0.2, 0) is 14.5 Å². The van der Waals surface area contributed by atoms with Gasteiger partial charge >= 0.3 is 0 Å². The highest BCUT2D eigenvalue weighted by Gasteiger charge is 2.23. The second-order valence-corrected chi connectivity index (χ2v) is 4.63. The van der Waals surface area contributed by atoms with E-state index in [4.69, 9.17) is 14.5 Å². The minimum absolute atomic E-state index is 0.292. The molecule has 0 radical (unpaired) electrons. The van der Waals surface area contributed by atoms with Gasteiger partial charge in [-0.1, -0.05) is 19.3 Å². The Kier molecular flexibility index (Phi) is 4.85. The van der Waals surface area contributed by atoms with E-state index < -0.39 is 0 Å². The number of methoxy groups -OCH3 is 1. The van der Waals surface area contributed by atoms with Crippen LogP contribution in [-0.4, -0.2) is 25.4 Å². The predicted octanol–water partition coefficient (Wildman–Crippen LogP) is 2.69. The van der Waals surface area contributed by atoms with Crippen molar-refractivity contribution in [3.63, 3.8) is 0 Å². The molecule has 1 rings (SSSR count). The van der Waals surface area contributed by atoms with Gasteiger partial charge in [-0.15, -0.1) is 0 Å². The number of hydrogen-bond donors (Lipinski definition) is 0. The summed E-state index contributed by atoms with van der Waals surface area (Å²) in [6, 6.07) is 0. The summed E-state index contributed by atoms with van der Waals surface area (Å²) < 4.78 is 5.04. The second kappa shape index (κ2) is 5.69. The van der Waals surface area contributed by atoms with Crippen LogP contribution in [0, 0.1) is 0 Å². The van der Waals surface area contributed by atoms with Gasteiger partial charge in [0.1, 0.15) is 5.60 Å². The zero-order valence-corrected chi connectivity index (χ0v) is 9.54. The van der Waals surface area contributed by atoms with E-state index in [9.17, 15) is 0 Å². The van der Waals surface area contributed by atoms with Crippen LogP contribution in [0.15, 0.2) is 0 Å². The molecule has 0 N–H and O–H groups in total. The third-order valence-corrected chi connectivity index (χ3v) is 2.45. The molecule has 0 aromatic rings. The zero-order chi connectivity index (χ0) is 10.4. The third-order valence-electron chi connectivity index (χ3n) is 2.45. The van der Waals surface area contributed by atoms with Gasteiger partial charge in [0.15, 0.2) is 0 Å². The van der Waals surface area contributed by atoms with Crippen molar-refractivity contribution in [1.29, 1.82) is 0 Å². The van der Waals surface area contributed by atoms with E-state index in [1.165, 1.54) is 19.3 Å². The van der Waals surface area contributed by atoms with Gasteiger partial charge in [0.05, 0.1) is 12.7 Å². The lowest BCUT2D eigenvalue weighted by atomic mass is 9.98. The van der Waals surface area contributed by atoms with E-state index in [-0.39, 0.29) is 5.60 Å². The lowest BCUT2D eigenvalue weighted by Gasteiger charge is -2.27. The van der Waals surface area contributed by atoms with E-state index in [1.54, 1.807) is 7.11 Å². The molecule has 1 fully saturated rings. The van der Waals surface area contributed by atoms with Crippen molar-refractivity contribution in [2.24, 2.45) is 0 Å². The molecular weight excluding hydrogens is 180 g/mol. The molecule has 0 saturated heterocycles. The molecule has 0 amide bonds. The van der Waals surface area contributed by atoms with Gasteiger partial charge in [0.25, 0.3) is 0 Å². The zero-order valence-electron chi connectivity index (χ0n) is 9.54. The van der Waals surface area contributed by atoms with Crippen molar-refractivity contribution in [2.45, 2.75) is 57.7 Å². The Balaban J connectivity index is 2.17. The van der Waals surface area contributed by atoms with Crippen LogP contribution in [0.3, 0.4) is 0 Å². The molecule has 0 aromatic carbocycles. The minimum Gasteiger partial charge on any atom is -0.382 e. The van der Waals surface area contributed by atoms with Gasteiger partial charge in [-0.25, -0.2) is 9.78 Å². The lowest BCUT2D eigenvalue weighted by molar-refractivity contribution is -0.385. The largest absolute Gasteiger partial charge is 0.382 e. The van der Waals surface area contributed by atoms with Crippen molar-refractivity contribution < 1.29 is 14.5 Å². The average Bonchev–Trinajstić information content (AvgIpc) is 2.17. The highest BCUT2D eigenvalue weighted by atomic mass is 17.2. The molecule has 0 atom stereocenters. The van der Waals surface area contributed by atoms with Gasteiger partial charge in [-0.05, 0) is 26.7 Å². The van der Waals surface area contributed by atoms with Crippen LogP contribution in [0.5, 0.6) is 0 Å². The standard InChI is InChI=1S/C11H22O3/c1-11(2,9-12-3)14-13-10-7-5-4-6-8-10/h10H,4-9H2,1-3H3. The lowest BCUT2D eigenvalue weighted by Crippen LogP contribution is -2.32. The third kappa shape index (κ3) is 4.40. The first-order chi connectivity index (χ1) is 6.64. The summed E-state index contributed by atoms with van der Waals surface area (Å²) in [4.78, 5) is 10.8. The predicted molar refractivity (Wildman–Crippen MR) is 55.0 cm³/mol. The monoisotopic (exact) mass is 202 g/mol. The summed E-state index contributed by atoms with van der Waals surface area (Å²) in [5.41, 5.74) is -0.341. The van der Waals surface area contributed by atoms with Gasteiger partial charge < -0.3 is 4.74 Å². The summed E-state index contributed by atoms with van der Waals surface area (Å²) in [5, 5.41) is 0. The summed E-state index contributed by atoms with van der Waals surface area (Å²) in [7, 11) is 1.67. The SMILES string of the molecule is COCC(C)(C)OOC1CCCCC1. The molecule has 3 heteroatoms. The van der Waals surface area contributed by atoms with Gasteiger partial charge in [-0.3, -0.25) is 0 Å². The Labute approximate surface area is 86.7 Å². The molecule has 1 aliphatic rings. The Morgan fingerprint density at radius 3 is 2.36 bits per heavy atom. The first kappa shape index (κ1) is 12.0. The summed E-state index contributed by atoms with van der Waals surface area (Å²) >= 11 is 0. The van der Waals surface area contributed by atoms with Crippen LogP contribution in [0.4, 0.5) is 0 Å². The van der Waals surface area contributed by atoms with Crippen molar-refractivity contribution in [1.82, 2.24) is 0 Å². The molecule has 84 valence electrons. The normalized spacial score (nSPS) is 19.9. The van der Waals surface area contributed by atoms with Crippen LogP contribution in [0.25, 0.3) is 0 Å². The fraction of sp³-hybridized carbons (Fsp3) is 1.00. The summed E-state index contributed by atoms with van der Waals surface area (Å²) in [6.07, 6.45) is 6.41. The Morgan fingerprint density at radius 2 is 1.79 bits per heavy atom. The summed E-state index contributed by atoms with van der Waals surface area (Å²) in [6.45, 7) is 4.50. The fourth-order valence-corrected chi connectivity index (χ4v) is 1.73. The Bertz CT molecular complexity index is 151. The van der Waals surface area contributed by atoms with Gasteiger partial charge in [0.2, 0.25) is 0 Å².